The molecule has 0 bridgehead atoms. The molecule has 0 saturated heterocycles. The zero-order valence-corrected chi connectivity index (χ0v) is 13.6. The summed E-state index contributed by atoms with van der Waals surface area (Å²) in [6.07, 6.45) is 0. The molecule has 0 saturated carbocycles. The lowest BCUT2D eigenvalue weighted by Gasteiger charge is -2.00. The number of nitrogens with zero attached hydrogens (tertiary/aromatic N) is 2. The molecule has 6 nitrogen and oxygen atoms in total. The highest BCUT2D eigenvalue weighted by atomic mass is 35.5. The van der Waals surface area contributed by atoms with Crippen LogP contribution in [0.25, 0.3) is 11.4 Å². The molecule has 2 heterocycles. The molecular weight excluding hydrogens is 340 g/mol. The van der Waals surface area contributed by atoms with Crippen LogP contribution in [0.5, 0.6) is 5.75 Å². The number of ether oxygens (including phenoxy) is 2. The molecule has 0 aliphatic carbocycles. The van der Waals surface area contributed by atoms with E-state index in [2.05, 4.69) is 10.1 Å². The molecule has 3 rings (SSSR count). The van der Waals surface area contributed by atoms with Crippen LogP contribution in [0.2, 0.25) is 4.34 Å². The Hall–Kier alpha value is -2.38. The molecule has 118 valence electrons. The first-order chi connectivity index (χ1) is 11.2. The largest absolute Gasteiger partial charge is 0.497 e. The molecule has 0 N–H and O–H groups in total. The van der Waals surface area contributed by atoms with Crippen molar-refractivity contribution >= 4 is 28.9 Å². The standard InChI is InChI=1S/C15H11ClN2O4S/c1-20-10-4-2-3-9(7-10)14-17-13(22-18-14)8-21-15(19)11-5-6-12(16)23-11/h2-7H,8H2,1H3. The van der Waals surface area contributed by atoms with Crippen molar-refractivity contribution in [1.82, 2.24) is 10.1 Å². The number of carbonyl (C=O) groups is 1. The summed E-state index contributed by atoms with van der Waals surface area (Å²) in [5.41, 5.74) is 0.746. The van der Waals surface area contributed by atoms with E-state index < -0.39 is 5.97 Å². The van der Waals surface area contributed by atoms with Gasteiger partial charge in [-0.3, -0.25) is 0 Å². The van der Waals surface area contributed by atoms with E-state index in [0.717, 1.165) is 16.9 Å². The fraction of sp³-hybridized carbons (Fsp3) is 0.133. The SMILES string of the molecule is COc1cccc(-c2noc(COC(=O)c3ccc(Cl)s3)n2)c1. The van der Waals surface area contributed by atoms with Crippen LogP contribution in [0, 0.1) is 0 Å². The van der Waals surface area contributed by atoms with Crippen LogP contribution in [0.3, 0.4) is 0 Å². The molecule has 0 fully saturated rings. The summed E-state index contributed by atoms with van der Waals surface area (Å²) < 4.78 is 15.9. The van der Waals surface area contributed by atoms with Crippen molar-refractivity contribution in [3.63, 3.8) is 0 Å². The number of hydrogen-bond acceptors (Lipinski definition) is 7. The maximum atomic E-state index is 11.8. The zero-order chi connectivity index (χ0) is 16.2. The normalized spacial score (nSPS) is 10.5. The predicted octanol–water partition coefficient (Wildman–Crippen LogP) is 3.82. The molecule has 23 heavy (non-hydrogen) atoms. The Bertz CT molecular complexity index is 830. The summed E-state index contributed by atoms with van der Waals surface area (Å²) in [6.45, 7) is -0.106. The highest BCUT2D eigenvalue weighted by molar-refractivity contribution is 7.17. The van der Waals surface area contributed by atoms with Gasteiger partial charge in [0.05, 0.1) is 11.4 Å². The van der Waals surface area contributed by atoms with Gasteiger partial charge in [0.15, 0.2) is 6.61 Å². The Labute approximate surface area is 140 Å². The first kappa shape index (κ1) is 15.5. The van der Waals surface area contributed by atoms with Gasteiger partial charge in [-0.05, 0) is 24.3 Å². The van der Waals surface area contributed by atoms with Gasteiger partial charge in [0.2, 0.25) is 5.82 Å². The van der Waals surface area contributed by atoms with Gasteiger partial charge in [0.25, 0.3) is 5.89 Å². The Morgan fingerprint density at radius 3 is 2.96 bits per heavy atom. The summed E-state index contributed by atoms with van der Waals surface area (Å²) in [5, 5.41) is 3.87. The maximum Gasteiger partial charge on any atom is 0.348 e. The van der Waals surface area contributed by atoms with E-state index in [1.807, 2.05) is 18.2 Å². The Balaban J connectivity index is 1.66. The van der Waals surface area contributed by atoms with Crippen molar-refractivity contribution in [2.45, 2.75) is 6.61 Å². The van der Waals surface area contributed by atoms with Gasteiger partial charge in [-0.2, -0.15) is 4.98 Å². The average Bonchev–Trinajstić information content (AvgIpc) is 3.22. The zero-order valence-electron chi connectivity index (χ0n) is 12.0. The van der Waals surface area contributed by atoms with Crippen LogP contribution >= 0.6 is 22.9 Å². The van der Waals surface area contributed by atoms with Crippen LogP contribution in [-0.2, 0) is 11.3 Å². The molecule has 1 aromatic carbocycles. The lowest BCUT2D eigenvalue weighted by Crippen LogP contribution is -2.03. The quantitative estimate of drug-likeness (QED) is 0.651. The van der Waals surface area contributed by atoms with Crippen LogP contribution < -0.4 is 4.74 Å². The predicted molar refractivity (Wildman–Crippen MR) is 84.7 cm³/mol. The molecule has 0 unspecified atom stereocenters. The van der Waals surface area contributed by atoms with Crippen LogP contribution in [0.15, 0.2) is 40.9 Å². The maximum absolute atomic E-state index is 11.8. The lowest BCUT2D eigenvalue weighted by atomic mass is 10.2. The average molecular weight is 351 g/mol. The Morgan fingerprint density at radius 1 is 1.35 bits per heavy atom. The Morgan fingerprint density at radius 2 is 2.22 bits per heavy atom. The van der Waals surface area contributed by atoms with Gasteiger partial charge in [0, 0.05) is 5.56 Å². The van der Waals surface area contributed by atoms with E-state index in [4.69, 9.17) is 25.6 Å². The van der Waals surface area contributed by atoms with Gasteiger partial charge in [0.1, 0.15) is 10.6 Å². The third-order valence-electron chi connectivity index (χ3n) is 2.90. The number of rotatable bonds is 5. The molecule has 0 amide bonds. The van der Waals surface area contributed by atoms with Gasteiger partial charge >= 0.3 is 5.97 Å². The molecule has 0 aliphatic rings. The lowest BCUT2D eigenvalue weighted by molar-refractivity contribution is 0.0435. The number of aromatic nitrogens is 2. The summed E-state index contributed by atoms with van der Waals surface area (Å²) in [4.78, 5) is 16.4. The fourth-order valence-corrected chi connectivity index (χ4v) is 2.75. The summed E-state index contributed by atoms with van der Waals surface area (Å²) >= 11 is 6.92. The second kappa shape index (κ2) is 6.80. The number of carbonyl (C=O) groups excluding carboxylic acids is 1. The van der Waals surface area contributed by atoms with Gasteiger partial charge < -0.3 is 14.0 Å². The van der Waals surface area contributed by atoms with Crippen molar-refractivity contribution in [3.8, 4) is 17.1 Å². The molecule has 2 aromatic heterocycles. The molecule has 0 radical (unpaired) electrons. The van der Waals surface area contributed by atoms with Crippen molar-refractivity contribution in [2.75, 3.05) is 7.11 Å². The number of esters is 1. The number of halogens is 1. The molecule has 8 heteroatoms. The number of benzene rings is 1. The molecule has 3 aromatic rings. The Kier molecular flexibility index (Phi) is 4.59. The first-order valence-corrected chi connectivity index (χ1v) is 7.74. The van der Waals surface area contributed by atoms with Gasteiger partial charge in [-0.25, -0.2) is 4.79 Å². The van der Waals surface area contributed by atoms with E-state index >= 15 is 0 Å². The van der Waals surface area contributed by atoms with Crippen molar-refractivity contribution < 1.29 is 18.8 Å². The third kappa shape index (κ3) is 3.69. The summed E-state index contributed by atoms with van der Waals surface area (Å²) in [5.74, 6) is 0.811. The van der Waals surface area contributed by atoms with E-state index in [1.165, 1.54) is 0 Å². The highest BCUT2D eigenvalue weighted by Gasteiger charge is 2.14. The van der Waals surface area contributed by atoms with Crippen LogP contribution in [0.4, 0.5) is 0 Å². The summed E-state index contributed by atoms with van der Waals surface area (Å²) in [7, 11) is 1.58. The number of thiophene rings is 1. The minimum absolute atomic E-state index is 0.106. The topological polar surface area (TPSA) is 74.5 Å². The van der Waals surface area contributed by atoms with Crippen LogP contribution in [-0.4, -0.2) is 23.2 Å². The molecular formula is C15H11ClN2O4S. The van der Waals surface area contributed by atoms with Gasteiger partial charge in [-0.1, -0.05) is 28.9 Å². The minimum Gasteiger partial charge on any atom is -0.497 e. The molecule has 0 atom stereocenters. The van der Waals surface area contributed by atoms with E-state index in [1.54, 1.807) is 25.3 Å². The van der Waals surface area contributed by atoms with Crippen molar-refractivity contribution in [3.05, 3.63) is 51.5 Å². The highest BCUT2D eigenvalue weighted by Crippen LogP contribution is 2.23. The number of hydrogen-bond donors (Lipinski definition) is 0. The third-order valence-corrected chi connectivity index (χ3v) is 4.11. The monoisotopic (exact) mass is 350 g/mol. The van der Waals surface area contributed by atoms with Crippen molar-refractivity contribution in [1.29, 1.82) is 0 Å². The number of methoxy groups -OCH3 is 1. The minimum atomic E-state index is -0.483. The second-order valence-corrected chi connectivity index (χ2v) is 6.14. The smallest absolute Gasteiger partial charge is 0.348 e. The molecule has 0 aliphatic heterocycles. The summed E-state index contributed by atoms with van der Waals surface area (Å²) in [6, 6.07) is 10.5. The second-order valence-electron chi connectivity index (χ2n) is 4.42. The van der Waals surface area contributed by atoms with Crippen LogP contribution in [0.1, 0.15) is 15.6 Å². The van der Waals surface area contributed by atoms with Crippen molar-refractivity contribution in [2.24, 2.45) is 0 Å². The van der Waals surface area contributed by atoms with Gasteiger partial charge in [-0.15, -0.1) is 11.3 Å². The first-order valence-electron chi connectivity index (χ1n) is 6.55. The fourth-order valence-electron chi connectivity index (χ4n) is 1.82. The van der Waals surface area contributed by atoms with E-state index in [0.29, 0.717) is 20.8 Å². The van der Waals surface area contributed by atoms with E-state index in [-0.39, 0.29) is 12.5 Å². The van der Waals surface area contributed by atoms with E-state index in [9.17, 15) is 4.79 Å². The molecule has 0 spiro atoms.